The highest BCUT2D eigenvalue weighted by Gasteiger charge is 2.19. The SMILES string of the molecule is CN[C@@H](C(=O)Nc1ccc(C(C)(C)C)cc1)c1ccc(Cl)cc1. The number of halogens is 1. The van der Waals surface area contributed by atoms with Gasteiger partial charge in [-0.25, -0.2) is 0 Å². The first-order valence-electron chi connectivity index (χ1n) is 7.65. The number of likely N-dealkylation sites (N-methyl/N-ethyl adjacent to an activating group) is 1. The first-order valence-corrected chi connectivity index (χ1v) is 8.03. The molecule has 4 heteroatoms. The van der Waals surface area contributed by atoms with E-state index in [4.69, 9.17) is 11.6 Å². The molecule has 0 saturated carbocycles. The molecule has 0 unspecified atom stereocenters. The second-order valence-electron chi connectivity index (χ2n) is 6.59. The van der Waals surface area contributed by atoms with Crippen molar-refractivity contribution in [2.45, 2.75) is 32.2 Å². The highest BCUT2D eigenvalue weighted by Crippen LogP contribution is 2.24. The molecule has 0 saturated heterocycles. The van der Waals surface area contributed by atoms with Gasteiger partial charge in [0, 0.05) is 10.7 Å². The Morgan fingerprint density at radius 1 is 1.00 bits per heavy atom. The van der Waals surface area contributed by atoms with Gasteiger partial charge in [0.25, 0.3) is 0 Å². The minimum absolute atomic E-state index is 0.0966. The Hall–Kier alpha value is -1.84. The van der Waals surface area contributed by atoms with Crippen LogP contribution in [0, 0.1) is 0 Å². The lowest BCUT2D eigenvalue weighted by Crippen LogP contribution is -2.30. The summed E-state index contributed by atoms with van der Waals surface area (Å²) in [5.41, 5.74) is 3.00. The van der Waals surface area contributed by atoms with Gasteiger partial charge in [0.1, 0.15) is 6.04 Å². The molecule has 0 bridgehead atoms. The predicted molar refractivity (Wildman–Crippen MR) is 97.0 cm³/mol. The third-order valence-corrected chi connectivity index (χ3v) is 4.02. The van der Waals surface area contributed by atoms with E-state index in [1.54, 1.807) is 19.2 Å². The van der Waals surface area contributed by atoms with Crippen LogP contribution in [0.25, 0.3) is 0 Å². The Morgan fingerprint density at radius 2 is 1.57 bits per heavy atom. The lowest BCUT2D eigenvalue weighted by Gasteiger charge is -2.20. The standard InChI is InChI=1S/C19H23ClN2O/c1-19(2,3)14-7-11-16(12-8-14)22-18(23)17(21-4)13-5-9-15(20)10-6-13/h5-12,17,21H,1-4H3,(H,22,23)/t17-/m1/s1. The summed E-state index contributed by atoms with van der Waals surface area (Å²) in [6, 6.07) is 14.8. The van der Waals surface area contributed by atoms with Crippen molar-refractivity contribution in [3.05, 3.63) is 64.7 Å². The number of amides is 1. The molecule has 3 nitrogen and oxygen atoms in total. The van der Waals surface area contributed by atoms with E-state index in [0.717, 1.165) is 11.3 Å². The van der Waals surface area contributed by atoms with Crippen molar-refractivity contribution in [3.8, 4) is 0 Å². The fourth-order valence-electron chi connectivity index (χ4n) is 2.37. The molecule has 0 spiro atoms. The zero-order valence-corrected chi connectivity index (χ0v) is 14.7. The third-order valence-electron chi connectivity index (χ3n) is 3.77. The number of carbonyl (C=O) groups is 1. The Bertz CT molecular complexity index is 657. The van der Waals surface area contributed by atoms with Crippen LogP contribution in [0.4, 0.5) is 5.69 Å². The first-order chi connectivity index (χ1) is 10.8. The van der Waals surface area contributed by atoms with Crippen LogP contribution in [0.1, 0.15) is 37.9 Å². The Labute approximate surface area is 143 Å². The second-order valence-corrected chi connectivity index (χ2v) is 7.03. The molecule has 0 aliphatic carbocycles. The van der Waals surface area contributed by atoms with Gasteiger partial charge in [0.2, 0.25) is 5.91 Å². The Morgan fingerprint density at radius 3 is 2.04 bits per heavy atom. The molecule has 0 aliphatic heterocycles. The molecule has 1 amide bonds. The van der Waals surface area contributed by atoms with Gasteiger partial charge in [0.15, 0.2) is 0 Å². The highest BCUT2D eigenvalue weighted by atomic mass is 35.5. The summed E-state index contributed by atoms with van der Waals surface area (Å²) in [6.45, 7) is 6.49. The van der Waals surface area contributed by atoms with E-state index < -0.39 is 6.04 Å². The fourth-order valence-corrected chi connectivity index (χ4v) is 2.50. The van der Waals surface area contributed by atoms with Gasteiger partial charge in [-0.15, -0.1) is 0 Å². The van der Waals surface area contributed by atoms with E-state index in [0.29, 0.717) is 5.02 Å². The van der Waals surface area contributed by atoms with Gasteiger partial charge in [-0.05, 0) is 47.9 Å². The molecule has 2 N–H and O–H groups in total. The van der Waals surface area contributed by atoms with Crippen LogP contribution in [0.3, 0.4) is 0 Å². The van der Waals surface area contributed by atoms with Crippen molar-refractivity contribution in [1.29, 1.82) is 0 Å². The van der Waals surface area contributed by atoms with Gasteiger partial charge < -0.3 is 10.6 Å². The van der Waals surface area contributed by atoms with Crippen LogP contribution in [0.15, 0.2) is 48.5 Å². The number of hydrogen-bond acceptors (Lipinski definition) is 2. The van der Waals surface area contributed by atoms with Crippen molar-refractivity contribution in [3.63, 3.8) is 0 Å². The lowest BCUT2D eigenvalue weighted by molar-refractivity contribution is -0.118. The molecule has 0 aromatic heterocycles. The molecular formula is C19H23ClN2O. The number of benzene rings is 2. The number of nitrogens with one attached hydrogen (secondary N) is 2. The van der Waals surface area contributed by atoms with Crippen molar-refractivity contribution in [2.75, 3.05) is 12.4 Å². The molecule has 2 rings (SSSR count). The summed E-state index contributed by atoms with van der Waals surface area (Å²) >= 11 is 5.90. The topological polar surface area (TPSA) is 41.1 Å². The average Bonchev–Trinajstić information content (AvgIpc) is 2.49. The highest BCUT2D eigenvalue weighted by molar-refractivity contribution is 6.30. The van der Waals surface area contributed by atoms with Gasteiger partial charge in [-0.2, -0.15) is 0 Å². The molecule has 122 valence electrons. The van der Waals surface area contributed by atoms with Gasteiger partial charge in [-0.3, -0.25) is 4.79 Å². The van der Waals surface area contributed by atoms with Gasteiger partial charge >= 0.3 is 0 Å². The number of rotatable bonds is 4. The maximum absolute atomic E-state index is 12.5. The number of anilines is 1. The molecule has 0 aliphatic rings. The Balaban J connectivity index is 2.12. The Kier molecular flexibility index (Phi) is 5.45. The first kappa shape index (κ1) is 17.5. The van der Waals surface area contributed by atoms with E-state index in [-0.39, 0.29) is 11.3 Å². The van der Waals surface area contributed by atoms with Crippen molar-refractivity contribution in [1.82, 2.24) is 5.32 Å². The van der Waals surface area contributed by atoms with E-state index >= 15 is 0 Å². The van der Waals surface area contributed by atoms with Crippen LogP contribution in [0.5, 0.6) is 0 Å². The fraction of sp³-hybridized carbons (Fsp3) is 0.316. The number of carbonyl (C=O) groups excluding carboxylic acids is 1. The zero-order chi connectivity index (χ0) is 17.0. The van der Waals surface area contributed by atoms with Crippen LogP contribution in [0.2, 0.25) is 5.02 Å². The van der Waals surface area contributed by atoms with Crippen LogP contribution in [-0.4, -0.2) is 13.0 Å². The summed E-state index contributed by atoms with van der Waals surface area (Å²) in [5.74, 6) is -0.0988. The molecule has 0 heterocycles. The van der Waals surface area contributed by atoms with E-state index in [1.807, 2.05) is 36.4 Å². The van der Waals surface area contributed by atoms with E-state index in [9.17, 15) is 4.79 Å². The molecule has 0 radical (unpaired) electrons. The molecule has 1 atom stereocenters. The predicted octanol–water partition coefficient (Wildman–Crippen LogP) is 4.54. The maximum atomic E-state index is 12.5. The van der Waals surface area contributed by atoms with Crippen molar-refractivity contribution in [2.24, 2.45) is 0 Å². The van der Waals surface area contributed by atoms with Gasteiger partial charge in [0.05, 0.1) is 0 Å². The lowest BCUT2D eigenvalue weighted by atomic mass is 9.87. The normalized spacial score (nSPS) is 12.7. The van der Waals surface area contributed by atoms with E-state index in [1.165, 1.54) is 5.56 Å². The number of hydrogen-bond donors (Lipinski definition) is 2. The van der Waals surface area contributed by atoms with Gasteiger partial charge in [-0.1, -0.05) is 56.6 Å². The minimum atomic E-state index is -0.422. The molecule has 2 aromatic rings. The van der Waals surface area contributed by atoms with Crippen LogP contribution in [-0.2, 0) is 10.2 Å². The average molecular weight is 331 g/mol. The van der Waals surface area contributed by atoms with Crippen LogP contribution >= 0.6 is 11.6 Å². The molecule has 23 heavy (non-hydrogen) atoms. The van der Waals surface area contributed by atoms with Crippen molar-refractivity contribution >= 4 is 23.2 Å². The zero-order valence-electron chi connectivity index (χ0n) is 14.0. The second kappa shape index (κ2) is 7.16. The summed E-state index contributed by atoms with van der Waals surface area (Å²) < 4.78 is 0. The molecule has 2 aromatic carbocycles. The third kappa shape index (κ3) is 4.57. The molecule has 0 fully saturated rings. The minimum Gasteiger partial charge on any atom is -0.324 e. The monoisotopic (exact) mass is 330 g/mol. The quantitative estimate of drug-likeness (QED) is 0.864. The molecular weight excluding hydrogens is 308 g/mol. The van der Waals surface area contributed by atoms with Crippen LogP contribution < -0.4 is 10.6 Å². The summed E-state index contributed by atoms with van der Waals surface area (Å²) in [6.07, 6.45) is 0. The summed E-state index contributed by atoms with van der Waals surface area (Å²) in [4.78, 5) is 12.5. The van der Waals surface area contributed by atoms with Crippen molar-refractivity contribution < 1.29 is 4.79 Å². The van der Waals surface area contributed by atoms with E-state index in [2.05, 4.69) is 31.4 Å². The summed E-state index contributed by atoms with van der Waals surface area (Å²) in [5, 5.41) is 6.64. The largest absolute Gasteiger partial charge is 0.324 e. The maximum Gasteiger partial charge on any atom is 0.246 e. The summed E-state index contributed by atoms with van der Waals surface area (Å²) in [7, 11) is 1.77. The smallest absolute Gasteiger partial charge is 0.246 e.